The molecule has 0 aliphatic carbocycles. The van der Waals surface area contributed by atoms with Crippen molar-refractivity contribution in [2.24, 2.45) is 7.05 Å². The number of hydrogen-bond acceptors (Lipinski definition) is 0. The van der Waals surface area contributed by atoms with Crippen LogP contribution in [0.3, 0.4) is 0 Å². The molecule has 1 nitrogen and oxygen atoms in total. The SMILES string of the molecule is Cc1ccc2c(F)cc(-c3ccccc3C)[n+](C)c2c1. The number of aryl methyl sites for hydroxylation is 3. The highest BCUT2D eigenvalue weighted by Crippen LogP contribution is 2.24. The minimum atomic E-state index is -0.170. The van der Waals surface area contributed by atoms with E-state index in [0.717, 1.165) is 27.9 Å². The molecule has 0 aliphatic heterocycles. The first-order valence-electron chi connectivity index (χ1n) is 6.73. The fraction of sp³-hybridized carbons (Fsp3) is 0.167. The van der Waals surface area contributed by atoms with E-state index in [0.29, 0.717) is 5.39 Å². The van der Waals surface area contributed by atoms with E-state index in [4.69, 9.17) is 0 Å². The van der Waals surface area contributed by atoms with Gasteiger partial charge in [0.25, 0.3) is 0 Å². The summed E-state index contributed by atoms with van der Waals surface area (Å²) in [6.07, 6.45) is 0. The van der Waals surface area contributed by atoms with Gasteiger partial charge in [-0.2, -0.15) is 4.57 Å². The number of benzene rings is 2. The lowest BCUT2D eigenvalue weighted by atomic mass is 10.0. The Hall–Kier alpha value is -2.22. The fourth-order valence-electron chi connectivity index (χ4n) is 2.66. The second-order valence-corrected chi connectivity index (χ2v) is 5.27. The normalized spacial score (nSPS) is 11.0. The average Bonchev–Trinajstić information content (AvgIpc) is 2.43. The van der Waals surface area contributed by atoms with Crippen LogP contribution in [0, 0.1) is 19.7 Å². The Kier molecular flexibility index (Phi) is 3.01. The molecular weight excluding hydrogens is 249 g/mol. The molecule has 0 atom stereocenters. The monoisotopic (exact) mass is 266 g/mol. The molecule has 20 heavy (non-hydrogen) atoms. The summed E-state index contributed by atoms with van der Waals surface area (Å²) in [5, 5.41) is 0.662. The maximum absolute atomic E-state index is 14.4. The van der Waals surface area contributed by atoms with Crippen molar-refractivity contribution >= 4 is 10.9 Å². The summed E-state index contributed by atoms with van der Waals surface area (Å²) in [6.45, 7) is 4.07. The van der Waals surface area contributed by atoms with Crippen molar-refractivity contribution in [3.05, 3.63) is 65.5 Å². The molecular formula is C18H17FN+. The molecule has 0 radical (unpaired) electrons. The summed E-state index contributed by atoms with van der Waals surface area (Å²) in [4.78, 5) is 0. The Labute approximate surface area is 118 Å². The predicted molar refractivity (Wildman–Crippen MR) is 80.0 cm³/mol. The van der Waals surface area contributed by atoms with Gasteiger partial charge in [-0.05, 0) is 37.1 Å². The molecule has 0 aliphatic rings. The van der Waals surface area contributed by atoms with Gasteiger partial charge in [0.2, 0.25) is 11.2 Å². The molecule has 0 bridgehead atoms. The van der Waals surface area contributed by atoms with E-state index >= 15 is 0 Å². The van der Waals surface area contributed by atoms with Crippen LogP contribution in [0.5, 0.6) is 0 Å². The number of aromatic nitrogens is 1. The van der Waals surface area contributed by atoms with Gasteiger partial charge in [0.1, 0.15) is 12.9 Å². The van der Waals surface area contributed by atoms with E-state index in [-0.39, 0.29) is 5.82 Å². The molecule has 0 spiro atoms. The summed E-state index contributed by atoms with van der Waals surface area (Å²) < 4.78 is 16.4. The second kappa shape index (κ2) is 4.71. The molecule has 3 aromatic rings. The molecule has 0 fully saturated rings. The van der Waals surface area contributed by atoms with Gasteiger partial charge < -0.3 is 0 Å². The van der Waals surface area contributed by atoms with E-state index in [9.17, 15) is 4.39 Å². The van der Waals surface area contributed by atoms with Crippen molar-refractivity contribution in [1.82, 2.24) is 0 Å². The number of hydrogen-bond donors (Lipinski definition) is 0. The molecule has 1 aromatic heterocycles. The van der Waals surface area contributed by atoms with Crippen molar-refractivity contribution < 1.29 is 8.96 Å². The van der Waals surface area contributed by atoms with E-state index < -0.39 is 0 Å². The Morgan fingerprint density at radius 2 is 1.70 bits per heavy atom. The van der Waals surface area contributed by atoms with Crippen LogP contribution >= 0.6 is 0 Å². The first-order chi connectivity index (χ1) is 9.58. The van der Waals surface area contributed by atoms with Crippen LogP contribution in [-0.4, -0.2) is 0 Å². The van der Waals surface area contributed by atoms with E-state index in [1.807, 2.05) is 63.4 Å². The second-order valence-electron chi connectivity index (χ2n) is 5.27. The molecule has 0 N–H and O–H groups in total. The number of pyridine rings is 1. The maximum Gasteiger partial charge on any atom is 0.215 e. The molecule has 0 unspecified atom stereocenters. The maximum atomic E-state index is 14.4. The molecule has 1 heterocycles. The van der Waals surface area contributed by atoms with Crippen LogP contribution in [0.1, 0.15) is 11.1 Å². The third kappa shape index (κ3) is 1.97. The van der Waals surface area contributed by atoms with Gasteiger partial charge in [-0.3, -0.25) is 0 Å². The van der Waals surface area contributed by atoms with Gasteiger partial charge in [-0.25, -0.2) is 4.39 Å². The summed E-state index contributed by atoms with van der Waals surface area (Å²) >= 11 is 0. The minimum absolute atomic E-state index is 0.170. The van der Waals surface area contributed by atoms with Crippen molar-refractivity contribution in [2.75, 3.05) is 0 Å². The van der Waals surface area contributed by atoms with Crippen LogP contribution in [0.15, 0.2) is 48.5 Å². The summed E-state index contributed by atoms with van der Waals surface area (Å²) in [5.74, 6) is -0.170. The highest BCUT2D eigenvalue weighted by molar-refractivity contribution is 5.79. The third-order valence-corrected chi connectivity index (χ3v) is 3.82. The Bertz CT molecular complexity index is 806. The van der Waals surface area contributed by atoms with Crippen LogP contribution in [-0.2, 0) is 7.05 Å². The first kappa shape index (κ1) is 12.8. The molecule has 2 heteroatoms. The summed E-state index contributed by atoms with van der Waals surface area (Å²) in [5.41, 5.74) is 5.17. The van der Waals surface area contributed by atoms with Crippen LogP contribution < -0.4 is 4.57 Å². The quantitative estimate of drug-likeness (QED) is 0.584. The Morgan fingerprint density at radius 3 is 2.45 bits per heavy atom. The highest BCUT2D eigenvalue weighted by atomic mass is 19.1. The van der Waals surface area contributed by atoms with Gasteiger partial charge in [-0.1, -0.05) is 24.3 Å². The average molecular weight is 266 g/mol. The van der Waals surface area contributed by atoms with E-state index in [2.05, 4.69) is 4.57 Å². The van der Waals surface area contributed by atoms with Crippen LogP contribution in [0.25, 0.3) is 22.2 Å². The smallest absolute Gasteiger partial charge is 0.206 e. The van der Waals surface area contributed by atoms with Crippen LogP contribution in [0.4, 0.5) is 4.39 Å². The summed E-state index contributed by atoms with van der Waals surface area (Å²) in [6, 6.07) is 15.5. The number of fused-ring (bicyclic) bond motifs is 1. The van der Waals surface area contributed by atoms with Crippen molar-refractivity contribution in [3.63, 3.8) is 0 Å². The molecule has 0 saturated heterocycles. The molecule has 2 aromatic carbocycles. The zero-order valence-electron chi connectivity index (χ0n) is 11.9. The molecule has 100 valence electrons. The minimum Gasteiger partial charge on any atom is -0.206 e. The fourth-order valence-corrected chi connectivity index (χ4v) is 2.66. The number of halogens is 1. The molecule has 3 rings (SSSR count). The third-order valence-electron chi connectivity index (χ3n) is 3.82. The van der Waals surface area contributed by atoms with Crippen molar-refractivity contribution in [2.45, 2.75) is 13.8 Å². The lowest BCUT2D eigenvalue weighted by molar-refractivity contribution is -0.633. The topological polar surface area (TPSA) is 3.88 Å². The standard InChI is InChI=1S/C18H17FN/c1-12-8-9-15-16(19)11-18(20(3)17(15)10-12)14-7-5-4-6-13(14)2/h4-11H,1-3H3/q+1. The largest absolute Gasteiger partial charge is 0.215 e. The van der Waals surface area contributed by atoms with E-state index in [1.165, 1.54) is 0 Å². The van der Waals surface area contributed by atoms with Gasteiger partial charge >= 0.3 is 0 Å². The lowest BCUT2D eigenvalue weighted by Gasteiger charge is -2.07. The summed E-state index contributed by atoms with van der Waals surface area (Å²) in [7, 11) is 1.99. The first-order valence-corrected chi connectivity index (χ1v) is 6.73. The van der Waals surface area contributed by atoms with Gasteiger partial charge in [0.15, 0.2) is 0 Å². The molecule has 0 amide bonds. The predicted octanol–water partition coefficient (Wildman–Crippen LogP) is 4.09. The zero-order chi connectivity index (χ0) is 14.3. The zero-order valence-corrected chi connectivity index (χ0v) is 11.9. The Balaban J connectivity index is 2.38. The van der Waals surface area contributed by atoms with Crippen LogP contribution in [0.2, 0.25) is 0 Å². The lowest BCUT2D eigenvalue weighted by Crippen LogP contribution is -2.32. The van der Waals surface area contributed by atoms with Crippen molar-refractivity contribution in [1.29, 1.82) is 0 Å². The number of rotatable bonds is 1. The Morgan fingerprint density at radius 1 is 0.950 bits per heavy atom. The highest BCUT2D eigenvalue weighted by Gasteiger charge is 2.19. The van der Waals surface area contributed by atoms with Gasteiger partial charge in [0, 0.05) is 17.7 Å². The van der Waals surface area contributed by atoms with Gasteiger partial charge in [-0.15, -0.1) is 0 Å². The van der Waals surface area contributed by atoms with E-state index in [1.54, 1.807) is 6.07 Å². The molecule has 0 saturated carbocycles. The van der Waals surface area contributed by atoms with Crippen molar-refractivity contribution in [3.8, 4) is 11.3 Å². The number of nitrogens with zero attached hydrogens (tertiary/aromatic N) is 1. The van der Waals surface area contributed by atoms with Gasteiger partial charge in [0.05, 0.1) is 5.39 Å².